The third-order valence-electron chi connectivity index (χ3n) is 1.98. The largest absolute Gasteiger partial charge is 0.349 e. The number of hydrogen-bond donors (Lipinski definition) is 1. The van der Waals surface area contributed by atoms with Gasteiger partial charge < -0.3 is 5.32 Å². The summed E-state index contributed by atoms with van der Waals surface area (Å²) in [5.41, 5.74) is 1.07. The van der Waals surface area contributed by atoms with Crippen LogP contribution in [0, 0.1) is 13.8 Å². The molecule has 0 saturated heterocycles. The average Bonchev–Trinajstić information content (AvgIpc) is 2.56. The lowest BCUT2D eigenvalue weighted by molar-refractivity contribution is 0.997. The molecule has 0 aromatic carbocycles. The van der Waals surface area contributed by atoms with Crippen molar-refractivity contribution in [3.8, 4) is 0 Å². The standard InChI is InChI=1S/C10H12N4S/c1-7-9(14-8(2)15-7)6-13-10-11-4-3-5-12-10/h3-5H,6H2,1-2H3,(H,11,12,13). The third kappa shape index (κ3) is 2.50. The number of thiazole rings is 1. The molecule has 5 heteroatoms. The van der Waals surface area contributed by atoms with Gasteiger partial charge in [0.1, 0.15) is 0 Å². The van der Waals surface area contributed by atoms with E-state index in [1.807, 2.05) is 6.92 Å². The molecule has 4 nitrogen and oxygen atoms in total. The quantitative estimate of drug-likeness (QED) is 0.861. The molecular weight excluding hydrogens is 208 g/mol. The first kappa shape index (κ1) is 10.0. The van der Waals surface area contributed by atoms with E-state index in [4.69, 9.17) is 0 Å². The number of aryl methyl sites for hydroxylation is 2. The van der Waals surface area contributed by atoms with Gasteiger partial charge in [0.15, 0.2) is 0 Å². The minimum atomic E-state index is 0.641. The van der Waals surface area contributed by atoms with Crippen LogP contribution >= 0.6 is 11.3 Å². The molecule has 0 unspecified atom stereocenters. The molecule has 2 heterocycles. The van der Waals surface area contributed by atoms with E-state index in [0.29, 0.717) is 12.5 Å². The Labute approximate surface area is 92.4 Å². The van der Waals surface area contributed by atoms with E-state index in [2.05, 4.69) is 27.2 Å². The Hall–Kier alpha value is -1.49. The van der Waals surface area contributed by atoms with Crippen LogP contribution in [0.15, 0.2) is 18.5 Å². The molecule has 0 atom stereocenters. The highest BCUT2D eigenvalue weighted by Crippen LogP contribution is 2.16. The minimum absolute atomic E-state index is 0.641. The summed E-state index contributed by atoms with van der Waals surface area (Å²) >= 11 is 1.71. The summed E-state index contributed by atoms with van der Waals surface area (Å²) in [7, 11) is 0. The Morgan fingerprint density at radius 3 is 2.60 bits per heavy atom. The van der Waals surface area contributed by atoms with E-state index in [1.54, 1.807) is 29.8 Å². The maximum Gasteiger partial charge on any atom is 0.222 e. The van der Waals surface area contributed by atoms with Crippen molar-refractivity contribution < 1.29 is 0 Å². The smallest absolute Gasteiger partial charge is 0.222 e. The van der Waals surface area contributed by atoms with Gasteiger partial charge in [-0.25, -0.2) is 15.0 Å². The van der Waals surface area contributed by atoms with Gasteiger partial charge in [-0.1, -0.05) is 0 Å². The van der Waals surface area contributed by atoms with E-state index in [1.165, 1.54) is 4.88 Å². The molecular formula is C10H12N4S. The first-order valence-electron chi connectivity index (χ1n) is 4.69. The summed E-state index contributed by atoms with van der Waals surface area (Å²) < 4.78 is 0. The van der Waals surface area contributed by atoms with Crippen molar-refractivity contribution in [3.63, 3.8) is 0 Å². The first-order chi connectivity index (χ1) is 7.25. The molecule has 0 fully saturated rings. The number of aromatic nitrogens is 3. The average molecular weight is 220 g/mol. The van der Waals surface area contributed by atoms with Gasteiger partial charge in [0.2, 0.25) is 5.95 Å². The minimum Gasteiger partial charge on any atom is -0.349 e. The van der Waals surface area contributed by atoms with E-state index >= 15 is 0 Å². The highest BCUT2D eigenvalue weighted by molar-refractivity contribution is 7.11. The number of anilines is 1. The number of nitrogens with one attached hydrogen (secondary N) is 1. The van der Waals surface area contributed by atoms with Gasteiger partial charge in [0, 0.05) is 17.3 Å². The highest BCUT2D eigenvalue weighted by atomic mass is 32.1. The van der Waals surface area contributed by atoms with Gasteiger partial charge in [-0.05, 0) is 19.9 Å². The van der Waals surface area contributed by atoms with Crippen LogP contribution in [0.4, 0.5) is 5.95 Å². The molecule has 0 bridgehead atoms. The first-order valence-corrected chi connectivity index (χ1v) is 5.51. The van der Waals surface area contributed by atoms with Crippen molar-refractivity contribution >= 4 is 17.3 Å². The second-order valence-corrected chi connectivity index (χ2v) is 4.57. The fourth-order valence-corrected chi connectivity index (χ4v) is 2.12. The zero-order valence-electron chi connectivity index (χ0n) is 8.69. The van der Waals surface area contributed by atoms with Crippen molar-refractivity contribution in [3.05, 3.63) is 34.0 Å². The molecule has 2 aromatic rings. The molecule has 2 rings (SSSR count). The SMILES string of the molecule is Cc1nc(CNc2ncccn2)c(C)s1. The molecule has 15 heavy (non-hydrogen) atoms. The Balaban J connectivity index is 2.02. The fourth-order valence-electron chi connectivity index (χ4n) is 1.29. The van der Waals surface area contributed by atoms with Crippen LogP contribution in [0.25, 0.3) is 0 Å². The summed E-state index contributed by atoms with van der Waals surface area (Å²) in [6, 6.07) is 1.80. The van der Waals surface area contributed by atoms with Crippen LogP contribution in [0.5, 0.6) is 0 Å². The monoisotopic (exact) mass is 220 g/mol. The second-order valence-electron chi connectivity index (χ2n) is 3.16. The lowest BCUT2D eigenvalue weighted by Gasteiger charge is -2.01. The summed E-state index contributed by atoms with van der Waals surface area (Å²) in [4.78, 5) is 13.8. The third-order valence-corrected chi connectivity index (χ3v) is 2.91. The van der Waals surface area contributed by atoms with Crippen LogP contribution in [0.3, 0.4) is 0 Å². The van der Waals surface area contributed by atoms with Gasteiger partial charge >= 0.3 is 0 Å². The molecule has 0 saturated carbocycles. The Morgan fingerprint density at radius 1 is 1.27 bits per heavy atom. The van der Waals surface area contributed by atoms with Gasteiger partial charge in [-0.15, -0.1) is 11.3 Å². The topological polar surface area (TPSA) is 50.7 Å². The van der Waals surface area contributed by atoms with Crippen molar-refractivity contribution in [2.45, 2.75) is 20.4 Å². The number of nitrogens with zero attached hydrogens (tertiary/aromatic N) is 3. The van der Waals surface area contributed by atoms with Crippen molar-refractivity contribution in [1.29, 1.82) is 0 Å². The molecule has 0 aliphatic carbocycles. The summed E-state index contributed by atoms with van der Waals surface area (Å²) in [6.45, 7) is 4.77. The molecule has 2 aromatic heterocycles. The summed E-state index contributed by atoms with van der Waals surface area (Å²) in [5, 5.41) is 4.23. The van der Waals surface area contributed by atoms with Crippen LogP contribution in [0.2, 0.25) is 0 Å². The van der Waals surface area contributed by atoms with Gasteiger partial charge in [-0.3, -0.25) is 0 Å². The lowest BCUT2D eigenvalue weighted by atomic mass is 10.4. The molecule has 0 radical (unpaired) electrons. The zero-order valence-corrected chi connectivity index (χ0v) is 9.51. The lowest BCUT2D eigenvalue weighted by Crippen LogP contribution is -2.04. The number of hydrogen-bond acceptors (Lipinski definition) is 5. The van der Waals surface area contributed by atoms with Crippen molar-refractivity contribution in [2.75, 3.05) is 5.32 Å². The summed E-state index contributed by atoms with van der Waals surface area (Å²) in [5.74, 6) is 0.641. The van der Waals surface area contributed by atoms with Gasteiger partial charge in [-0.2, -0.15) is 0 Å². The maximum absolute atomic E-state index is 4.43. The van der Waals surface area contributed by atoms with Gasteiger partial charge in [0.05, 0.1) is 17.2 Å². The van der Waals surface area contributed by atoms with E-state index < -0.39 is 0 Å². The normalized spacial score (nSPS) is 10.3. The van der Waals surface area contributed by atoms with Crippen LogP contribution < -0.4 is 5.32 Å². The Kier molecular flexibility index (Phi) is 2.91. The Morgan fingerprint density at radius 2 is 2.00 bits per heavy atom. The molecule has 1 N–H and O–H groups in total. The predicted molar refractivity (Wildman–Crippen MR) is 60.9 cm³/mol. The molecule has 0 amide bonds. The van der Waals surface area contributed by atoms with E-state index in [9.17, 15) is 0 Å². The molecule has 0 aliphatic heterocycles. The highest BCUT2D eigenvalue weighted by Gasteiger charge is 2.04. The molecule has 78 valence electrons. The maximum atomic E-state index is 4.43. The van der Waals surface area contributed by atoms with Crippen LogP contribution in [-0.4, -0.2) is 15.0 Å². The fraction of sp³-hybridized carbons (Fsp3) is 0.300. The molecule has 0 aliphatic rings. The van der Waals surface area contributed by atoms with Crippen LogP contribution in [-0.2, 0) is 6.54 Å². The Bertz CT molecular complexity index is 438. The second kappa shape index (κ2) is 4.35. The van der Waals surface area contributed by atoms with Crippen molar-refractivity contribution in [2.24, 2.45) is 0 Å². The van der Waals surface area contributed by atoms with Crippen LogP contribution in [0.1, 0.15) is 15.6 Å². The van der Waals surface area contributed by atoms with Gasteiger partial charge in [0.25, 0.3) is 0 Å². The number of rotatable bonds is 3. The van der Waals surface area contributed by atoms with E-state index in [-0.39, 0.29) is 0 Å². The van der Waals surface area contributed by atoms with Crippen molar-refractivity contribution in [1.82, 2.24) is 15.0 Å². The zero-order chi connectivity index (χ0) is 10.7. The summed E-state index contributed by atoms with van der Waals surface area (Å²) in [6.07, 6.45) is 3.43. The molecule has 0 spiro atoms. The van der Waals surface area contributed by atoms with E-state index in [0.717, 1.165) is 10.7 Å². The predicted octanol–water partition coefficient (Wildman–Crippen LogP) is 2.16.